The number of nitrogens with zero attached hydrogens (tertiary/aromatic N) is 4. The molecule has 0 aliphatic carbocycles. The van der Waals surface area contributed by atoms with Crippen molar-refractivity contribution in [3.63, 3.8) is 0 Å². The largest absolute Gasteiger partial charge is 0.437 e. The van der Waals surface area contributed by atoms with E-state index in [4.69, 9.17) is 14.4 Å². The van der Waals surface area contributed by atoms with Crippen molar-refractivity contribution in [1.29, 1.82) is 0 Å². The van der Waals surface area contributed by atoms with E-state index < -0.39 is 0 Å². The summed E-state index contributed by atoms with van der Waals surface area (Å²) in [6, 6.07) is 60.3. The lowest BCUT2D eigenvalue weighted by atomic mass is 10.0. The van der Waals surface area contributed by atoms with Crippen LogP contribution < -0.4 is 0 Å². The quantitative estimate of drug-likeness (QED) is 0.187. The van der Waals surface area contributed by atoms with E-state index in [-0.39, 0.29) is 0 Å². The molecule has 5 heteroatoms. The number of para-hydroxylation sites is 3. The van der Waals surface area contributed by atoms with Gasteiger partial charge in [0.05, 0.1) is 33.1 Å². The molecule has 0 aliphatic rings. The van der Waals surface area contributed by atoms with Crippen LogP contribution in [0.1, 0.15) is 0 Å². The first kappa shape index (κ1) is 28.5. The molecule has 5 nitrogen and oxygen atoms in total. The van der Waals surface area contributed by atoms with Gasteiger partial charge in [0.25, 0.3) is 0 Å². The zero-order valence-corrected chi connectivity index (χ0v) is 28.4. The summed E-state index contributed by atoms with van der Waals surface area (Å²) in [5, 5.41) is 11.4. The summed E-state index contributed by atoms with van der Waals surface area (Å²) >= 11 is 0. The van der Waals surface area contributed by atoms with Crippen molar-refractivity contribution in [1.82, 2.24) is 19.1 Å². The fourth-order valence-electron chi connectivity index (χ4n) is 8.59. The van der Waals surface area contributed by atoms with Crippen LogP contribution in [0.15, 0.2) is 174 Å². The Morgan fingerprint density at radius 3 is 1.87 bits per heavy atom. The maximum absolute atomic E-state index is 6.55. The predicted octanol–water partition coefficient (Wildman–Crippen LogP) is 12.5. The molecule has 0 saturated heterocycles. The van der Waals surface area contributed by atoms with E-state index in [1.807, 2.05) is 18.2 Å². The number of aromatic nitrogens is 4. The number of hydrogen-bond donors (Lipinski definition) is 0. The molecule has 0 N–H and O–H groups in total. The zero-order chi connectivity index (χ0) is 34.6. The van der Waals surface area contributed by atoms with Crippen molar-refractivity contribution in [2.75, 3.05) is 0 Å². The Labute approximate surface area is 302 Å². The summed E-state index contributed by atoms with van der Waals surface area (Å²) in [5.74, 6) is 0.564. The Morgan fingerprint density at radius 2 is 1.06 bits per heavy atom. The minimum absolute atomic E-state index is 0.564. The van der Waals surface area contributed by atoms with Gasteiger partial charge in [-0.1, -0.05) is 127 Å². The monoisotopic (exact) mass is 676 g/mol. The van der Waals surface area contributed by atoms with E-state index in [2.05, 4.69) is 161 Å². The molecule has 0 radical (unpaired) electrons. The Morgan fingerprint density at radius 1 is 0.396 bits per heavy atom. The molecule has 0 bridgehead atoms. The van der Waals surface area contributed by atoms with E-state index >= 15 is 0 Å². The molecule has 12 aromatic rings. The van der Waals surface area contributed by atoms with Gasteiger partial charge in [-0.05, 0) is 64.0 Å². The Hall–Kier alpha value is -7.24. The van der Waals surface area contributed by atoms with Crippen LogP contribution in [-0.4, -0.2) is 19.1 Å². The van der Waals surface area contributed by atoms with Crippen LogP contribution in [0, 0.1) is 0 Å². The molecule has 4 aromatic heterocycles. The molecule has 0 saturated carbocycles. The molecule has 0 atom stereocenters. The molecule has 4 heterocycles. The Bertz CT molecular complexity index is 3420. The lowest BCUT2D eigenvalue weighted by molar-refractivity contribution is 0.651. The van der Waals surface area contributed by atoms with Crippen LogP contribution in [-0.2, 0) is 0 Å². The third-order valence-corrected chi connectivity index (χ3v) is 10.9. The standard InChI is InChI=1S/C48H28N4O/c1-2-13-31-27-32(22-21-29(31)11-1)46-45-38-17-7-10-20-43(38)53-47(45)50-48(49-46)52-41-26-23-30-12-3-4-14-34(30)44(41)37-25-24-33(28-42(37)52)51-39-18-8-5-15-35(39)36-16-6-9-19-40(36)51/h1-28H. The first-order valence-electron chi connectivity index (χ1n) is 17.9. The van der Waals surface area contributed by atoms with E-state index in [1.165, 1.54) is 43.4 Å². The van der Waals surface area contributed by atoms with E-state index in [1.54, 1.807) is 0 Å². The van der Waals surface area contributed by atoms with Gasteiger partial charge in [0.1, 0.15) is 5.58 Å². The van der Waals surface area contributed by atoms with Crippen LogP contribution >= 0.6 is 0 Å². The average Bonchev–Trinajstić information content (AvgIpc) is 3.88. The van der Waals surface area contributed by atoms with Crippen molar-refractivity contribution in [3.8, 4) is 22.9 Å². The third kappa shape index (κ3) is 4.02. The van der Waals surface area contributed by atoms with E-state index in [0.717, 1.165) is 55.1 Å². The summed E-state index contributed by atoms with van der Waals surface area (Å²) in [4.78, 5) is 10.8. The summed E-state index contributed by atoms with van der Waals surface area (Å²) in [5.41, 5.74) is 8.68. The highest BCUT2D eigenvalue weighted by Gasteiger charge is 2.23. The van der Waals surface area contributed by atoms with E-state index in [0.29, 0.717) is 11.7 Å². The molecule has 8 aromatic carbocycles. The highest BCUT2D eigenvalue weighted by Crippen LogP contribution is 2.41. The SMILES string of the molecule is c1ccc2cc(-c3nc(-n4c5cc(-n6c7ccccc7c7ccccc76)ccc5c5c6ccccc6ccc54)nc4oc5ccccc5c34)ccc2c1. The van der Waals surface area contributed by atoms with Crippen LogP contribution in [0.25, 0.3) is 110 Å². The van der Waals surface area contributed by atoms with Gasteiger partial charge in [0.2, 0.25) is 11.7 Å². The zero-order valence-electron chi connectivity index (χ0n) is 28.4. The second-order valence-corrected chi connectivity index (χ2v) is 13.8. The maximum Gasteiger partial charge on any atom is 0.238 e. The summed E-state index contributed by atoms with van der Waals surface area (Å²) in [6.45, 7) is 0. The van der Waals surface area contributed by atoms with Crippen LogP contribution in [0.2, 0.25) is 0 Å². The van der Waals surface area contributed by atoms with Gasteiger partial charge in [-0.2, -0.15) is 4.98 Å². The molecule has 0 unspecified atom stereocenters. The smallest absolute Gasteiger partial charge is 0.238 e. The lowest BCUT2D eigenvalue weighted by Gasteiger charge is -2.12. The molecule has 53 heavy (non-hydrogen) atoms. The molecule has 0 fully saturated rings. The van der Waals surface area contributed by atoms with Gasteiger partial charge < -0.3 is 8.98 Å². The van der Waals surface area contributed by atoms with Crippen molar-refractivity contribution in [2.24, 2.45) is 0 Å². The van der Waals surface area contributed by atoms with Crippen LogP contribution in [0.4, 0.5) is 0 Å². The maximum atomic E-state index is 6.55. The normalized spacial score (nSPS) is 12.2. The van der Waals surface area contributed by atoms with Gasteiger partial charge in [0.15, 0.2) is 0 Å². The number of hydrogen-bond acceptors (Lipinski definition) is 3. The fraction of sp³-hybridized carbons (Fsp3) is 0. The summed E-state index contributed by atoms with van der Waals surface area (Å²) < 4.78 is 11.1. The summed E-state index contributed by atoms with van der Waals surface area (Å²) in [6.07, 6.45) is 0. The molecule has 246 valence electrons. The molecule has 0 aliphatic heterocycles. The highest BCUT2D eigenvalue weighted by atomic mass is 16.3. The molecule has 12 rings (SSSR count). The Kier molecular flexibility index (Phi) is 5.71. The van der Waals surface area contributed by atoms with Crippen molar-refractivity contribution in [3.05, 3.63) is 170 Å². The first-order valence-corrected chi connectivity index (χ1v) is 17.9. The summed E-state index contributed by atoms with van der Waals surface area (Å²) in [7, 11) is 0. The van der Waals surface area contributed by atoms with Crippen molar-refractivity contribution >= 4 is 87.2 Å². The minimum atomic E-state index is 0.564. The first-order chi connectivity index (χ1) is 26.3. The van der Waals surface area contributed by atoms with Crippen molar-refractivity contribution < 1.29 is 4.42 Å². The number of rotatable bonds is 3. The molecular weight excluding hydrogens is 649 g/mol. The van der Waals surface area contributed by atoms with Crippen molar-refractivity contribution in [2.45, 2.75) is 0 Å². The minimum Gasteiger partial charge on any atom is -0.437 e. The fourth-order valence-corrected chi connectivity index (χ4v) is 8.59. The van der Waals surface area contributed by atoms with Crippen LogP contribution in [0.3, 0.4) is 0 Å². The highest BCUT2D eigenvalue weighted by molar-refractivity contribution is 6.22. The molecule has 0 amide bonds. The average molecular weight is 677 g/mol. The van der Waals surface area contributed by atoms with Gasteiger partial charge in [-0.15, -0.1) is 0 Å². The Balaban J connectivity index is 1.22. The van der Waals surface area contributed by atoms with Crippen LogP contribution in [0.5, 0.6) is 0 Å². The van der Waals surface area contributed by atoms with E-state index in [9.17, 15) is 0 Å². The van der Waals surface area contributed by atoms with Gasteiger partial charge in [0, 0.05) is 38.2 Å². The second-order valence-electron chi connectivity index (χ2n) is 13.8. The third-order valence-electron chi connectivity index (χ3n) is 10.9. The lowest BCUT2D eigenvalue weighted by Crippen LogP contribution is -2.03. The number of fused-ring (bicyclic) bond motifs is 12. The van der Waals surface area contributed by atoms with Gasteiger partial charge in [-0.25, -0.2) is 4.98 Å². The molecular formula is C48H28N4O. The van der Waals surface area contributed by atoms with Gasteiger partial charge in [-0.3, -0.25) is 4.57 Å². The second kappa shape index (κ2) is 10.6. The molecule has 0 spiro atoms. The topological polar surface area (TPSA) is 48.8 Å². The number of benzene rings is 8. The van der Waals surface area contributed by atoms with Gasteiger partial charge >= 0.3 is 0 Å². The predicted molar refractivity (Wildman–Crippen MR) is 218 cm³/mol. The number of furan rings is 1.